The molecule has 6 nitrogen and oxygen atoms in total. The van der Waals surface area contributed by atoms with E-state index in [-0.39, 0.29) is 23.1 Å². The number of amides is 2. The summed E-state index contributed by atoms with van der Waals surface area (Å²) in [7, 11) is -3.68. The standard InChI is InChI=1S/C24H28N2O4S2/c1-17(32(29,30)20-7-8-22-21(15-20)25-23(27)16-31-22)13-24(28)26-11-9-19(10-12-26)14-18-5-3-2-4-6-18/h2-8,15,17,19H,9-14,16H2,1H3,(H,25,27)/t17-/m0/s1. The molecule has 1 N–H and O–H groups in total. The van der Waals surface area contributed by atoms with Gasteiger partial charge in [0.25, 0.3) is 0 Å². The molecular formula is C24H28N2O4S2. The minimum Gasteiger partial charge on any atom is -0.343 e. The summed E-state index contributed by atoms with van der Waals surface area (Å²) in [5, 5.41) is 1.89. The van der Waals surface area contributed by atoms with Gasteiger partial charge in [-0.3, -0.25) is 9.59 Å². The maximum Gasteiger partial charge on any atom is 0.234 e. The molecule has 0 spiro atoms. The molecule has 0 aromatic heterocycles. The lowest BCUT2D eigenvalue weighted by Gasteiger charge is -2.32. The number of likely N-dealkylation sites (tertiary alicyclic amines) is 1. The molecule has 2 aromatic rings. The molecule has 0 aliphatic carbocycles. The van der Waals surface area contributed by atoms with Crippen molar-refractivity contribution in [2.75, 3.05) is 24.2 Å². The molecule has 2 aliphatic rings. The number of benzene rings is 2. The van der Waals surface area contributed by atoms with E-state index < -0.39 is 15.1 Å². The average Bonchev–Trinajstić information content (AvgIpc) is 2.79. The van der Waals surface area contributed by atoms with Crippen LogP contribution in [-0.4, -0.2) is 49.2 Å². The third-order valence-electron chi connectivity index (χ3n) is 6.24. The van der Waals surface area contributed by atoms with Gasteiger partial charge in [-0.25, -0.2) is 8.42 Å². The van der Waals surface area contributed by atoms with E-state index in [0.717, 1.165) is 24.2 Å². The molecule has 0 bridgehead atoms. The molecule has 0 saturated carbocycles. The van der Waals surface area contributed by atoms with Crippen LogP contribution in [0.5, 0.6) is 0 Å². The Hall–Kier alpha value is -2.32. The van der Waals surface area contributed by atoms with E-state index in [4.69, 9.17) is 0 Å². The van der Waals surface area contributed by atoms with Crippen molar-refractivity contribution in [2.45, 2.75) is 47.6 Å². The molecule has 8 heteroatoms. The number of carbonyl (C=O) groups excluding carboxylic acids is 2. The highest BCUT2D eigenvalue weighted by Crippen LogP contribution is 2.34. The predicted molar refractivity (Wildman–Crippen MR) is 127 cm³/mol. The normalized spacial score (nSPS) is 18.0. The fraction of sp³-hybridized carbons (Fsp3) is 0.417. The average molecular weight is 473 g/mol. The second-order valence-electron chi connectivity index (χ2n) is 8.57. The van der Waals surface area contributed by atoms with E-state index >= 15 is 0 Å². The van der Waals surface area contributed by atoms with Crippen LogP contribution in [0.3, 0.4) is 0 Å². The van der Waals surface area contributed by atoms with Gasteiger partial charge in [-0.1, -0.05) is 30.3 Å². The van der Waals surface area contributed by atoms with Crippen molar-refractivity contribution in [3.05, 3.63) is 54.1 Å². The van der Waals surface area contributed by atoms with Crippen molar-refractivity contribution in [3.63, 3.8) is 0 Å². The van der Waals surface area contributed by atoms with Crippen LogP contribution in [0.1, 0.15) is 31.7 Å². The van der Waals surface area contributed by atoms with E-state index in [0.29, 0.717) is 30.4 Å². The van der Waals surface area contributed by atoms with E-state index in [2.05, 4.69) is 17.4 Å². The minimum absolute atomic E-state index is 0.0378. The second kappa shape index (κ2) is 9.67. The number of rotatable bonds is 6. The van der Waals surface area contributed by atoms with Crippen molar-refractivity contribution in [1.82, 2.24) is 4.90 Å². The monoisotopic (exact) mass is 472 g/mol. The lowest BCUT2D eigenvalue weighted by Crippen LogP contribution is -2.40. The quantitative estimate of drug-likeness (QED) is 0.692. The summed E-state index contributed by atoms with van der Waals surface area (Å²) >= 11 is 1.39. The first-order valence-electron chi connectivity index (χ1n) is 10.9. The van der Waals surface area contributed by atoms with Crippen LogP contribution in [0, 0.1) is 5.92 Å². The van der Waals surface area contributed by atoms with Gasteiger partial charge < -0.3 is 10.2 Å². The van der Waals surface area contributed by atoms with Gasteiger partial charge in [-0.05, 0) is 55.9 Å². The summed E-state index contributed by atoms with van der Waals surface area (Å²) in [5.74, 6) is 0.620. The van der Waals surface area contributed by atoms with Crippen LogP contribution in [0.2, 0.25) is 0 Å². The Labute approximate surface area is 193 Å². The van der Waals surface area contributed by atoms with Gasteiger partial charge in [0.15, 0.2) is 9.84 Å². The molecule has 32 heavy (non-hydrogen) atoms. The molecule has 2 amide bonds. The molecule has 2 heterocycles. The maximum atomic E-state index is 13.1. The minimum atomic E-state index is -3.68. The Morgan fingerprint density at radius 3 is 2.59 bits per heavy atom. The number of piperidine rings is 1. The molecule has 2 aliphatic heterocycles. The molecule has 0 unspecified atom stereocenters. The van der Waals surface area contributed by atoms with Crippen molar-refractivity contribution in [2.24, 2.45) is 5.92 Å². The molecule has 0 radical (unpaired) electrons. The number of nitrogens with zero attached hydrogens (tertiary/aromatic N) is 1. The zero-order chi connectivity index (χ0) is 22.7. The topological polar surface area (TPSA) is 83.6 Å². The van der Waals surface area contributed by atoms with E-state index in [1.165, 1.54) is 23.4 Å². The van der Waals surface area contributed by atoms with Gasteiger partial charge in [-0.2, -0.15) is 0 Å². The summed E-state index contributed by atoms with van der Waals surface area (Å²) in [4.78, 5) is 27.3. The summed E-state index contributed by atoms with van der Waals surface area (Å²) in [6.45, 7) is 2.93. The fourth-order valence-corrected chi connectivity index (χ4v) is 6.45. The lowest BCUT2D eigenvalue weighted by molar-refractivity contribution is -0.132. The highest BCUT2D eigenvalue weighted by molar-refractivity contribution is 8.00. The second-order valence-corrected chi connectivity index (χ2v) is 12.0. The Bertz CT molecular complexity index is 1090. The van der Waals surface area contributed by atoms with Crippen LogP contribution in [0.25, 0.3) is 0 Å². The number of fused-ring (bicyclic) bond motifs is 1. The maximum absolute atomic E-state index is 13.1. The third kappa shape index (κ3) is 5.18. The first-order chi connectivity index (χ1) is 15.3. The molecule has 1 atom stereocenters. The fourth-order valence-electron chi connectivity index (χ4n) is 4.29. The number of thioether (sulfide) groups is 1. The van der Waals surface area contributed by atoms with Gasteiger partial charge >= 0.3 is 0 Å². The Morgan fingerprint density at radius 1 is 1.16 bits per heavy atom. The zero-order valence-electron chi connectivity index (χ0n) is 18.1. The number of carbonyl (C=O) groups is 2. The predicted octanol–water partition coefficient (Wildman–Crippen LogP) is 3.76. The smallest absolute Gasteiger partial charge is 0.234 e. The van der Waals surface area contributed by atoms with Crippen molar-refractivity contribution >= 4 is 39.1 Å². The van der Waals surface area contributed by atoms with Crippen LogP contribution < -0.4 is 5.32 Å². The molecule has 170 valence electrons. The van der Waals surface area contributed by atoms with Crippen molar-refractivity contribution < 1.29 is 18.0 Å². The number of hydrogen-bond donors (Lipinski definition) is 1. The lowest BCUT2D eigenvalue weighted by atomic mass is 9.90. The molecule has 1 saturated heterocycles. The number of nitrogens with one attached hydrogen (secondary N) is 1. The SMILES string of the molecule is C[C@@H](CC(=O)N1CCC(Cc2ccccc2)CC1)S(=O)(=O)c1ccc2c(c1)NC(=O)CS2. The Morgan fingerprint density at radius 2 is 1.88 bits per heavy atom. The van der Waals surface area contributed by atoms with Crippen molar-refractivity contribution in [3.8, 4) is 0 Å². The summed E-state index contributed by atoms with van der Waals surface area (Å²) in [5.41, 5.74) is 1.84. The van der Waals surface area contributed by atoms with Gasteiger partial charge in [0.2, 0.25) is 11.8 Å². The molecule has 1 fully saturated rings. The van der Waals surface area contributed by atoms with Crippen LogP contribution >= 0.6 is 11.8 Å². The number of hydrogen-bond acceptors (Lipinski definition) is 5. The molecule has 4 rings (SSSR count). The van der Waals surface area contributed by atoms with E-state index in [9.17, 15) is 18.0 Å². The van der Waals surface area contributed by atoms with Gasteiger partial charge in [0.1, 0.15) is 0 Å². The van der Waals surface area contributed by atoms with Gasteiger partial charge in [0.05, 0.1) is 21.6 Å². The van der Waals surface area contributed by atoms with Crippen LogP contribution in [-0.2, 0) is 25.8 Å². The summed E-state index contributed by atoms with van der Waals surface area (Å²) in [6, 6.07) is 15.2. The van der Waals surface area contributed by atoms with Crippen LogP contribution in [0.15, 0.2) is 58.3 Å². The van der Waals surface area contributed by atoms with Crippen molar-refractivity contribution in [1.29, 1.82) is 0 Å². The highest BCUT2D eigenvalue weighted by Gasteiger charge is 2.30. The zero-order valence-corrected chi connectivity index (χ0v) is 19.8. The van der Waals surface area contributed by atoms with E-state index in [1.54, 1.807) is 24.0 Å². The Balaban J connectivity index is 1.34. The molecular weight excluding hydrogens is 444 g/mol. The molecule has 2 aromatic carbocycles. The summed E-state index contributed by atoms with van der Waals surface area (Å²) in [6.07, 6.45) is 2.85. The first-order valence-corrected chi connectivity index (χ1v) is 13.5. The van der Waals surface area contributed by atoms with Gasteiger partial charge in [-0.15, -0.1) is 11.8 Å². The third-order valence-corrected chi connectivity index (χ3v) is 9.45. The highest BCUT2D eigenvalue weighted by atomic mass is 32.2. The first kappa shape index (κ1) is 22.9. The largest absolute Gasteiger partial charge is 0.343 e. The number of sulfone groups is 1. The van der Waals surface area contributed by atoms with Gasteiger partial charge in [0, 0.05) is 24.4 Å². The number of anilines is 1. The van der Waals surface area contributed by atoms with E-state index in [1.807, 2.05) is 18.2 Å². The van der Waals surface area contributed by atoms with Crippen LogP contribution in [0.4, 0.5) is 5.69 Å². The summed E-state index contributed by atoms with van der Waals surface area (Å²) < 4.78 is 26.2. The Kier molecular flexibility index (Phi) is 6.90.